The Morgan fingerprint density at radius 3 is 2.12 bits per heavy atom. The lowest BCUT2D eigenvalue weighted by Crippen LogP contribution is -2.17. The predicted octanol–water partition coefficient (Wildman–Crippen LogP) is 2.12. The smallest absolute Gasteiger partial charge is 0.348 e. The third-order valence-electron chi connectivity index (χ3n) is 2.07. The molecule has 0 saturated heterocycles. The quantitative estimate of drug-likeness (QED) is 0.841. The summed E-state index contributed by atoms with van der Waals surface area (Å²) in [6, 6.07) is 0. The molecule has 4 nitrogen and oxygen atoms in total. The van der Waals surface area contributed by atoms with Crippen LogP contribution in [0.4, 0.5) is 13.2 Å². The Labute approximate surface area is 95.0 Å². The maximum absolute atomic E-state index is 13.4. The second-order valence-electron chi connectivity index (χ2n) is 3.04. The SMILES string of the molecule is O=C(O)c1sc2c(c1F)C(=O)C(F)=C(F)C2=O. The number of hydrogen-bond donors (Lipinski definition) is 1. The molecule has 88 valence electrons. The number of carbonyl (C=O) groups excluding carboxylic acids is 2. The highest BCUT2D eigenvalue weighted by Gasteiger charge is 2.40. The fourth-order valence-corrected chi connectivity index (χ4v) is 2.27. The Kier molecular flexibility index (Phi) is 2.39. The molecule has 0 spiro atoms. The zero-order valence-corrected chi connectivity index (χ0v) is 8.53. The summed E-state index contributed by atoms with van der Waals surface area (Å²) < 4.78 is 39.3. The van der Waals surface area contributed by atoms with Crippen LogP contribution in [0.5, 0.6) is 0 Å². The second-order valence-corrected chi connectivity index (χ2v) is 4.06. The highest BCUT2D eigenvalue weighted by molar-refractivity contribution is 7.16. The number of ketones is 2. The summed E-state index contributed by atoms with van der Waals surface area (Å²) in [5.74, 6) is -10.3. The number of allylic oxidation sites excluding steroid dienone is 2. The van der Waals surface area contributed by atoms with Crippen LogP contribution in [0.1, 0.15) is 29.7 Å². The number of thiophene rings is 1. The summed E-state index contributed by atoms with van der Waals surface area (Å²) >= 11 is 0.102. The van der Waals surface area contributed by atoms with E-state index in [1.807, 2.05) is 0 Å². The van der Waals surface area contributed by atoms with Crippen molar-refractivity contribution in [3.8, 4) is 0 Å². The third-order valence-corrected chi connectivity index (χ3v) is 3.22. The van der Waals surface area contributed by atoms with Crippen molar-refractivity contribution in [2.75, 3.05) is 0 Å². The van der Waals surface area contributed by atoms with E-state index in [9.17, 15) is 27.6 Å². The lowest BCUT2D eigenvalue weighted by Gasteiger charge is -2.06. The lowest BCUT2D eigenvalue weighted by atomic mass is 10.0. The van der Waals surface area contributed by atoms with Crippen molar-refractivity contribution >= 4 is 28.9 Å². The number of carboxylic acids is 1. The van der Waals surface area contributed by atoms with Crippen LogP contribution in [0.25, 0.3) is 0 Å². The topological polar surface area (TPSA) is 71.4 Å². The third kappa shape index (κ3) is 1.41. The molecule has 1 aromatic heterocycles. The van der Waals surface area contributed by atoms with Gasteiger partial charge in [0.15, 0.2) is 5.82 Å². The van der Waals surface area contributed by atoms with Gasteiger partial charge in [0.05, 0.1) is 10.4 Å². The number of aromatic carboxylic acids is 1. The van der Waals surface area contributed by atoms with Crippen LogP contribution in [0.15, 0.2) is 11.7 Å². The van der Waals surface area contributed by atoms with E-state index >= 15 is 0 Å². The van der Waals surface area contributed by atoms with E-state index in [2.05, 4.69) is 0 Å². The summed E-state index contributed by atoms with van der Waals surface area (Å²) in [6.45, 7) is 0. The van der Waals surface area contributed by atoms with Gasteiger partial charge < -0.3 is 5.11 Å². The molecule has 0 aromatic carbocycles. The van der Waals surface area contributed by atoms with Gasteiger partial charge in [-0.3, -0.25) is 9.59 Å². The molecular weight excluding hydrogens is 261 g/mol. The average Bonchev–Trinajstić information content (AvgIpc) is 2.62. The molecule has 1 heterocycles. The molecule has 1 aromatic rings. The molecule has 1 N–H and O–H groups in total. The minimum absolute atomic E-state index is 0.102. The van der Waals surface area contributed by atoms with Crippen molar-refractivity contribution in [2.24, 2.45) is 0 Å². The number of hydrogen-bond acceptors (Lipinski definition) is 4. The summed E-state index contributed by atoms with van der Waals surface area (Å²) in [6.07, 6.45) is 0. The number of carbonyl (C=O) groups is 3. The molecule has 0 bridgehead atoms. The number of halogens is 3. The summed E-state index contributed by atoms with van der Waals surface area (Å²) in [7, 11) is 0. The Morgan fingerprint density at radius 1 is 1.06 bits per heavy atom. The van der Waals surface area contributed by atoms with E-state index in [4.69, 9.17) is 5.11 Å². The molecule has 8 heteroatoms. The first kappa shape index (κ1) is 11.5. The Balaban J connectivity index is 2.77. The molecule has 2 rings (SSSR count). The summed E-state index contributed by atoms with van der Waals surface area (Å²) in [5.41, 5.74) is -1.02. The van der Waals surface area contributed by atoms with E-state index in [1.54, 1.807) is 0 Å². The first-order valence-electron chi connectivity index (χ1n) is 4.06. The van der Waals surface area contributed by atoms with E-state index < -0.39 is 50.3 Å². The Bertz CT molecular complexity index is 614. The van der Waals surface area contributed by atoms with Crippen molar-refractivity contribution in [3.05, 3.63) is 32.8 Å². The molecule has 0 radical (unpaired) electrons. The second kappa shape index (κ2) is 3.52. The van der Waals surface area contributed by atoms with Gasteiger partial charge in [-0.05, 0) is 0 Å². The standard InChI is InChI=1S/C9HF3O4S/c10-2-1-5(13)3(11)4(12)6(14)7(1)17-8(2)9(15)16/h(H,15,16). The number of fused-ring (bicyclic) bond motifs is 1. The molecule has 0 atom stereocenters. The lowest BCUT2D eigenvalue weighted by molar-refractivity contribution is 0.0697. The molecular formula is C9HF3O4S. The molecule has 1 aliphatic rings. The van der Waals surface area contributed by atoms with Gasteiger partial charge in [-0.2, -0.15) is 8.78 Å². The maximum atomic E-state index is 13.4. The van der Waals surface area contributed by atoms with Crippen molar-refractivity contribution in [1.82, 2.24) is 0 Å². The van der Waals surface area contributed by atoms with Crippen LogP contribution in [-0.4, -0.2) is 22.6 Å². The normalized spacial score (nSPS) is 15.2. The van der Waals surface area contributed by atoms with Crippen molar-refractivity contribution in [2.45, 2.75) is 0 Å². The van der Waals surface area contributed by atoms with Gasteiger partial charge in [-0.1, -0.05) is 0 Å². The molecule has 0 unspecified atom stereocenters. The van der Waals surface area contributed by atoms with Crippen molar-refractivity contribution < 1.29 is 32.7 Å². The zero-order chi connectivity index (χ0) is 12.9. The fraction of sp³-hybridized carbons (Fsp3) is 0. The minimum Gasteiger partial charge on any atom is -0.477 e. The Morgan fingerprint density at radius 2 is 1.59 bits per heavy atom. The number of carboxylic acid groups (broad SMARTS) is 1. The first-order valence-corrected chi connectivity index (χ1v) is 4.88. The van der Waals surface area contributed by atoms with E-state index in [0.29, 0.717) is 0 Å². The Hall–Kier alpha value is -1.96. The zero-order valence-electron chi connectivity index (χ0n) is 7.71. The largest absolute Gasteiger partial charge is 0.477 e. The van der Waals surface area contributed by atoms with E-state index in [1.165, 1.54) is 0 Å². The molecule has 17 heavy (non-hydrogen) atoms. The van der Waals surface area contributed by atoms with Gasteiger partial charge in [0, 0.05) is 0 Å². The number of Topliss-reactive ketones (excluding diaryl/α,β-unsaturated/α-hetero) is 2. The summed E-state index contributed by atoms with van der Waals surface area (Å²) in [4.78, 5) is 31.3. The highest BCUT2D eigenvalue weighted by Crippen LogP contribution is 2.36. The maximum Gasteiger partial charge on any atom is 0.348 e. The van der Waals surface area contributed by atoms with Gasteiger partial charge in [0.25, 0.3) is 0 Å². The highest BCUT2D eigenvalue weighted by atomic mass is 32.1. The van der Waals surface area contributed by atoms with Gasteiger partial charge in [0.1, 0.15) is 4.88 Å². The minimum atomic E-state index is -2.00. The van der Waals surface area contributed by atoms with E-state index in [0.717, 1.165) is 0 Å². The van der Waals surface area contributed by atoms with Crippen LogP contribution >= 0.6 is 11.3 Å². The van der Waals surface area contributed by atoms with Crippen molar-refractivity contribution in [3.63, 3.8) is 0 Å². The predicted molar refractivity (Wildman–Crippen MR) is 49.1 cm³/mol. The van der Waals surface area contributed by atoms with E-state index in [-0.39, 0.29) is 11.3 Å². The molecule has 0 fully saturated rings. The van der Waals surface area contributed by atoms with Gasteiger partial charge in [0.2, 0.25) is 23.2 Å². The molecule has 0 aliphatic heterocycles. The van der Waals surface area contributed by atoms with Crippen LogP contribution in [0.2, 0.25) is 0 Å². The van der Waals surface area contributed by atoms with Crippen LogP contribution < -0.4 is 0 Å². The fourth-order valence-electron chi connectivity index (χ4n) is 1.32. The van der Waals surface area contributed by atoms with Crippen LogP contribution in [-0.2, 0) is 0 Å². The van der Waals surface area contributed by atoms with Gasteiger partial charge in [-0.15, -0.1) is 11.3 Å². The molecule has 0 saturated carbocycles. The average molecular weight is 262 g/mol. The van der Waals surface area contributed by atoms with Crippen LogP contribution in [0, 0.1) is 5.82 Å². The van der Waals surface area contributed by atoms with Gasteiger partial charge >= 0.3 is 5.97 Å². The van der Waals surface area contributed by atoms with Gasteiger partial charge in [-0.25, -0.2) is 9.18 Å². The van der Waals surface area contributed by atoms with Crippen LogP contribution in [0.3, 0.4) is 0 Å². The summed E-state index contributed by atoms with van der Waals surface area (Å²) in [5, 5.41) is 8.57. The number of rotatable bonds is 1. The molecule has 0 amide bonds. The van der Waals surface area contributed by atoms with Crippen molar-refractivity contribution in [1.29, 1.82) is 0 Å². The monoisotopic (exact) mass is 262 g/mol. The first-order chi connectivity index (χ1) is 7.86. The molecule has 1 aliphatic carbocycles.